The maximum Gasteiger partial charge on any atom is 0.211 e. The van der Waals surface area contributed by atoms with E-state index in [0.29, 0.717) is 0 Å². The normalized spacial score (nSPS) is 11.8. The molecule has 2 aromatic carbocycles. The van der Waals surface area contributed by atoms with Crippen molar-refractivity contribution < 1.29 is 4.79 Å². The topological polar surface area (TPSA) is 29.1 Å². The molecule has 0 bridgehead atoms. The SMILES string of the molecule is O=CNc1cccc2c1Cc1ccccc1-2. The van der Waals surface area contributed by atoms with Crippen molar-refractivity contribution in [2.75, 3.05) is 5.32 Å². The van der Waals surface area contributed by atoms with Crippen LogP contribution in [0.3, 0.4) is 0 Å². The van der Waals surface area contributed by atoms with Gasteiger partial charge < -0.3 is 5.32 Å². The van der Waals surface area contributed by atoms with Gasteiger partial charge in [0, 0.05) is 12.1 Å². The van der Waals surface area contributed by atoms with E-state index in [1.807, 2.05) is 18.2 Å². The fourth-order valence-electron chi connectivity index (χ4n) is 2.36. The second-order valence-corrected chi connectivity index (χ2v) is 3.93. The molecular weight excluding hydrogens is 198 g/mol. The summed E-state index contributed by atoms with van der Waals surface area (Å²) in [5, 5.41) is 2.76. The number of nitrogens with one attached hydrogen (secondary N) is 1. The monoisotopic (exact) mass is 209 g/mol. The molecule has 0 saturated heterocycles. The molecule has 16 heavy (non-hydrogen) atoms. The van der Waals surface area contributed by atoms with Crippen molar-refractivity contribution in [1.82, 2.24) is 0 Å². The van der Waals surface area contributed by atoms with Crippen LogP contribution in [0.1, 0.15) is 11.1 Å². The van der Waals surface area contributed by atoms with Crippen LogP contribution in [0.5, 0.6) is 0 Å². The molecule has 1 N–H and O–H groups in total. The van der Waals surface area contributed by atoms with Gasteiger partial charge in [0.05, 0.1) is 0 Å². The lowest BCUT2D eigenvalue weighted by Gasteiger charge is -2.06. The molecular formula is C14H11NO. The molecule has 2 aromatic rings. The molecule has 0 spiro atoms. The smallest absolute Gasteiger partial charge is 0.211 e. The summed E-state index contributed by atoms with van der Waals surface area (Å²) in [5.41, 5.74) is 5.99. The summed E-state index contributed by atoms with van der Waals surface area (Å²) in [5.74, 6) is 0. The molecule has 2 nitrogen and oxygen atoms in total. The van der Waals surface area contributed by atoms with Crippen LogP contribution in [0.25, 0.3) is 11.1 Å². The van der Waals surface area contributed by atoms with Crippen LogP contribution >= 0.6 is 0 Å². The van der Waals surface area contributed by atoms with Crippen LogP contribution in [0, 0.1) is 0 Å². The second kappa shape index (κ2) is 3.49. The predicted molar refractivity (Wildman–Crippen MR) is 64.4 cm³/mol. The first kappa shape index (κ1) is 9.16. The Morgan fingerprint density at radius 3 is 2.69 bits per heavy atom. The van der Waals surface area contributed by atoms with E-state index < -0.39 is 0 Å². The van der Waals surface area contributed by atoms with Gasteiger partial charge in [-0.1, -0.05) is 36.4 Å². The Balaban J connectivity index is 2.19. The highest BCUT2D eigenvalue weighted by Gasteiger charge is 2.19. The predicted octanol–water partition coefficient (Wildman–Crippen LogP) is 2.83. The summed E-state index contributed by atoms with van der Waals surface area (Å²) in [6.07, 6.45) is 1.64. The minimum atomic E-state index is 0.735. The van der Waals surface area contributed by atoms with Crippen LogP contribution in [0.4, 0.5) is 5.69 Å². The molecule has 0 radical (unpaired) electrons. The maximum atomic E-state index is 10.5. The Morgan fingerprint density at radius 1 is 1.00 bits per heavy atom. The molecule has 0 saturated carbocycles. The lowest BCUT2D eigenvalue weighted by atomic mass is 10.1. The Kier molecular flexibility index (Phi) is 2.00. The molecule has 3 rings (SSSR count). The lowest BCUT2D eigenvalue weighted by Crippen LogP contribution is -1.97. The molecule has 78 valence electrons. The van der Waals surface area contributed by atoms with Crippen LogP contribution in [-0.2, 0) is 11.2 Å². The van der Waals surface area contributed by atoms with Gasteiger partial charge in [0.1, 0.15) is 0 Å². The van der Waals surface area contributed by atoms with Gasteiger partial charge in [-0.15, -0.1) is 0 Å². The molecule has 0 fully saturated rings. The molecule has 0 atom stereocenters. The highest BCUT2D eigenvalue weighted by atomic mass is 16.1. The molecule has 0 unspecified atom stereocenters. The van der Waals surface area contributed by atoms with Gasteiger partial charge in [0.2, 0.25) is 6.41 Å². The van der Waals surface area contributed by atoms with Crippen molar-refractivity contribution >= 4 is 12.1 Å². The highest BCUT2D eigenvalue weighted by Crippen LogP contribution is 2.39. The lowest BCUT2D eigenvalue weighted by molar-refractivity contribution is -0.105. The number of amides is 1. The Hall–Kier alpha value is -2.09. The third-order valence-electron chi connectivity index (χ3n) is 3.07. The highest BCUT2D eigenvalue weighted by molar-refractivity contribution is 5.85. The number of carbonyl (C=O) groups excluding carboxylic acids is 1. The zero-order chi connectivity index (χ0) is 11.0. The number of hydrogen-bond donors (Lipinski definition) is 1. The molecule has 0 aromatic heterocycles. The number of carbonyl (C=O) groups is 1. The quantitative estimate of drug-likeness (QED) is 0.646. The first-order chi connectivity index (χ1) is 7.90. The number of fused-ring (bicyclic) bond motifs is 3. The third kappa shape index (κ3) is 1.23. The average Bonchev–Trinajstić information content (AvgIpc) is 2.69. The minimum Gasteiger partial charge on any atom is -0.328 e. The van der Waals surface area contributed by atoms with Crippen molar-refractivity contribution in [3.63, 3.8) is 0 Å². The minimum absolute atomic E-state index is 0.735. The number of rotatable bonds is 2. The van der Waals surface area contributed by atoms with Gasteiger partial charge >= 0.3 is 0 Å². The Bertz CT molecular complexity index is 560. The zero-order valence-electron chi connectivity index (χ0n) is 8.73. The van der Waals surface area contributed by atoms with Gasteiger partial charge in [-0.05, 0) is 28.3 Å². The summed E-state index contributed by atoms with van der Waals surface area (Å²) in [6.45, 7) is 0. The summed E-state index contributed by atoms with van der Waals surface area (Å²) in [7, 11) is 0. The number of hydrogen-bond acceptors (Lipinski definition) is 1. The van der Waals surface area contributed by atoms with Gasteiger partial charge in [-0.2, -0.15) is 0 Å². The first-order valence-electron chi connectivity index (χ1n) is 5.30. The van der Waals surface area contributed by atoms with Crippen LogP contribution in [-0.4, -0.2) is 6.41 Å². The van der Waals surface area contributed by atoms with Crippen LogP contribution < -0.4 is 5.32 Å². The van der Waals surface area contributed by atoms with Crippen molar-refractivity contribution in [3.05, 3.63) is 53.6 Å². The van der Waals surface area contributed by atoms with Crippen LogP contribution in [0.15, 0.2) is 42.5 Å². The van der Waals surface area contributed by atoms with Gasteiger partial charge in [-0.25, -0.2) is 0 Å². The van der Waals surface area contributed by atoms with Gasteiger partial charge in [-0.3, -0.25) is 4.79 Å². The molecule has 2 heteroatoms. The molecule has 0 aliphatic heterocycles. The van der Waals surface area contributed by atoms with Crippen molar-refractivity contribution in [2.24, 2.45) is 0 Å². The molecule has 1 aliphatic carbocycles. The largest absolute Gasteiger partial charge is 0.328 e. The molecule has 0 heterocycles. The van der Waals surface area contributed by atoms with Crippen molar-refractivity contribution in [2.45, 2.75) is 6.42 Å². The summed E-state index contributed by atoms with van der Waals surface area (Å²) in [4.78, 5) is 10.5. The van der Waals surface area contributed by atoms with Crippen LogP contribution in [0.2, 0.25) is 0 Å². The van der Waals surface area contributed by atoms with E-state index in [9.17, 15) is 4.79 Å². The maximum absolute atomic E-state index is 10.5. The Labute approximate surface area is 93.9 Å². The second-order valence-electron chi connectivity index (χ2n) is 3.93. The summed E-state index contributed by atoms with van der Waals surface area (Å²) >= 11 is 0. The fraction of sp³-hybridized carbons (Fsp3) is 0.0714. The van der Waals surface area contributed by atoms with E-state index in [4.69, 9.17) is 0 Å². The van der Waals surface area contributed by atoms with Crippen molar-refractivity contribution in [3.8, 4) is 11.1 Å². The first-order valence-corrected chi connectivity index (χ1v) is 5.30. The summed E-state index contributed by atoms with van der Waals surface area (Å²) < 4.78 is 0. The van der Waals surface area contributed by atoms with E-state index in [1.54, 1.807) is 0 Å². The number of anilines is 1. The van der Waals surface area contributed by atoms with E-state index in [0.717, 1.165) is 18.5 Å². The van der Waals surface area contributed by atoms with E-state index in [2.05, 4.69) is 29.6 Å². The van der Waals surface area contributed by atoms with E-state index >= 15 is 0 Å². The fourth-order valence-corrected chi connectivity index (χ4v) is 2.36. The van der Waals surface area contributed by atoms with Crippen molar-refractivity contribution in [1.29, 1.82) is 0 Å². The molecule has 1 aliphatic rings. The van der Waals surface area contributed by atoms with Gasteiger partial charge in [0.25, 0.3) is 0 Å². The molecule has 1 amide bonds. The number of benzene rings is 2. The zero-order valence-corrected chi connectivity index (χ0v) is 8.73. The van der Waals surface area contributed by atoms with Gasteiger partial charge in [0.15, 0.2) is 0 Å². The Morgan fingerprint density at radius 2 is 1.81 bits per heavy atom. The third-order valence-corrected chi connectivity index (χ3v) is 3.07. The standard InChI is InChI=1S/C14H11NO/c16-9-15-14-7-3-6-12-11-5-2-1-4-10(11)8-13(12)14/h1-7,9H,8H2,(H,15,16). The summed E-state index contributed by atoms with van der Waals surface area (Å²) in [6, 6.07) is 14.4. The van der Waals surface area contributed by atoms with E-state index in [-0.39, 0.29) is 0 Å². The average molecular weight is 209 g/mol. The van der Waals surface area contributed by atoms with E-state index in [1.165, 1.54) is 22.3 Å².